The minimum Gasteiger partial charge on any atom is -0.351 e. The maximum absolute atomic E-state index is 14.1. The second-order valence-electron chi connectivity index (χ2n) is 8.24. The summed E-state index contributed by atoms with van der Waals surface area (Å²) in [5.74, 6) is -5.68. The van der Waals surface area contributed by atoms with Crippen LogP contribution in [0, 0.1) is 5.82 Å². The van der Waals surface area contributed by atoms with Crippen LogP contribution in [-0.2, 0) is 19.6 Å². The molecular formula is C21H20ClF3N4O4S. The molecule has 1 aromatic heterocycles. The van der Waals surface area contributed by atoms with Gasteiger partial charge in [0.25, 0.3) is 5.92 Å². The van der Waals surface area contributed by atoms with Gasteiger partial charge in [0.15, 0.2) is 0 Å². The van der Waals surface area contributed by atoms with E-state index in [4.69, 9.17) is 11.6 Å². The molecule has 1 aromatic carbocycles. The average molecular weight is 517 g/mol. The highest BCUT2D eigenvalue weighted by molar-refractivity contribution is 7.89. The molecule has 1 saturated carbocycles. The molecule has 8 nitrogen and oxygen atoms in total. The molecule has 0 spiro atoms. The highest BCUT2D eigenvalue weighted by atomic mass is 35.5. The van der Waals surface area contributed by atoms with Crippen LogP contribution in [0.1, 0.15) is 30.9 Å². The van der Waals surface area contributed by atoms with E-state index >= 15 is 0 Å². The van der Waals surface area contributed by atoms with Crippen LogP contribution in [-0.4, -0.2) is 49.0 Å². The Morgan fingerprint density at radius 3 is 2.53 bits per heavy atom. The predicted molar refractivity (Wildman–Crippen MR) is 117 cm³/mol. The third kappa shape index (κ3) is 5.18. The van der Waals surface area contributed by atoms with E-state index in [9.17, 15) is 31.2 Å². The van der Waals surface area contributed by atoms with Crippen molar-refractivity contribution in [3.8, 4) is 0 Å². The Morgan fingerprint density at radius 1 is 1.24 bits per heavy atom. The van der Waals surface area contributed by atoms with Gasteiger partial charge in [-0.05, 0) is 12.5 Å². The van der Waals surface area contributed by atoms with Gasteiger partial charge >= 0.3 is 0 Å². The Labute approximate surface area is 198 Å². The van der Waals surface area contributed by atoms with Crippen LogP contribution in [0.15, 0.2) is 42.7 Å². The second kappa shape index (κ2) is 9.16. The first-order chi connectivity index (χ1) is 16.0. The lowest BCUT2D eigenvalue weighted by molar-refractivity contribution is -0.133. The summed E-state index contributed by atoms with van der Waals surface area (Å²) in [4.78, 5) is 31.6. The second-order valence-corrected chi connectivity index (χ2v) is 10.5. The average Bonchev–Trinajstić information content (AvgIpc) is 3.10. The summed E-state index contributed by atoms with van der Waals surface area (Å²) >= 11 is 6.33. The number of anilines is 1. The number of nitrogens with one attached hydrogen (secondary N) is 2. The zero-order valence-electron chi connectivity index (χ0n) is 17.5. The highest BCUT2D eigenvalue weighted by Crippen LogP contribution is 2.39. The smallest absolute Gasteiger partial charge is 0.252 e. The number of carbonyl (C=O) groups excluding carboxylic acids is 2. The number of aromatic nitrogens is 1. The third-order valence-corrected chi connectivity index (χ3v) is 7.41. The van der Waals surface area contributed by atoms with Crippen molar-refractivity contribution in [2.24, 2.45) is 0 Å². The first-order valence-corrected chi connectivity index (χ1v) is 12.3. The van der Waals surface area contributed by atoms with Crippen LogP contribution in [0.4, 0.5) is 18.9 Å². The van der Waals surface area contributed by atoms with Crippen LogP contribution >= 0.6 is 11.6 Å². The van der Waals surface area contributed by atoms with Crippen molar-refractivity contribution in [1.82, 2.24) is 15.0 Å². The molecule has 182 valence electrons. The van der Waals surface area contributed by atoms with Gasteiger partial charge in [0.2, 0.25) is 21.8 Å². The largest absolute Gasteiger partial charge is 0.351 e. The molecule has 2 amide bonds. The number of pyridine rings is 1. The van der Waals surface area contributed by atoms with Crippen LogP contribution in [0.5, 0.6) is 0 Å². The normalized spacial score (nSPS) is 21.9. The Morgan fingerprint density at radius 2 is 1.94 bits per heavy atom. The fraction of sp³-hybridized carbons (Fsp3) is 0.381. The van der Waals surface area contributed by atoms with Gasteiger partial charge in [0, 0.05) is 35.5 Å². The molecule has 4 rings (SSSR count). The number of nitrogens with zero attached hydrogens (tertiary/aromatic N) is 2. The van der Waals surface area contributed by atoms with Gasteiger partial charge < -0.3 is 5.32 Å². The lowest BCUT2D eigenvalue weighted by Crippen LogP contribution is -2.55. The monoisotopic (exact) mass is 516 g/mol. The van der Waals surface area contributed by atoms with Crippen molar-refractivity contribution in [1.29, 1.82) is 0 Å². The summed E-state index contributed by atoms with van der Waals surface area (Å²) in [7, 11) is -3.71. The first kappa shape index (κ1) is 24.4. The lowest BCUT2D eigenvalue weighted by atomic mass is 9.87. The van der Waals surface area contributed by atoms with E-state index in [1.54, 1.807) is 12.1 Å². The van der Waals surface area contributed by atoms with Crippen LogP contribution in [0.2, 0.25) is 5.02 Å². The standard InChI is InChI=1S/C21H20ClF3N4O4S/c22-16-4-2-1-3-15(16)18(19(30)27-13-8-21(24,25)9-13)29(14-7-12(23)10-26-11-14)20(31)17-5-6-34(32,33)28-17/h1-4,7,10-11,13,17-18,28H,5-6,8-9H2,(H,27,30). The zero-order chi connectivity index (χ0) is 24.7. The van der Waals surface area contributed by atoms with Crippen molar-refractivity contribution >= 4 is 39.1 Å². The van der Waals surface area contributed by atoms with Crippen LogP contribution in [0.3, 0.4) is 0 Å². The Hall–Kier alpha value is -2.70. The van der Waals surface area contributed by atoms with Crippen molar-refractivity contribution in [3.63, 3.8) is 0 Å². The van der Waals surface area contributed by atoms with Gasteiger partial charge in [-0.2, -0.15) is 0 Å². The number of sulfonamides is 1. The van der Waals surface area contributed by atoms with Gasteiger partial charge in [-0.15, -0.1) is 0 Å². The number of hydrogen-bond acceptors (Lipinski definition) is 5. The summed E-state index contributed by atoms with van der Waals surface area (Å²) in [5, 5.41) is 2.59. The van der Waals surface area contributed by atoms with Crippen molar-refractivity contribution < 1.29 is 31.2 Å². The predicted octanol–water partition coefficient (Wildman–Crippen LogP) is 2.55. The molecule has 2 N–H and O–H groups in total. The number of rotatable bonds is 6. The fourth-order valence-electron chi connectivity index (χ4n) is 4.02. The lowest BCUT2D eigenvalue weighted by Gasteiger charge is -2.38. The number of amides is 2. The maximum atomic E-state index is 14.1. The van der Waals surface area contributed by atoms with E-state index in [2.05, 4.69) is 15.0 Å². The van der Waals surface area contributed by atoms with E-state index in [1.165, 1.54) is 12.1 Å². The van der Waals surface area contributed by atoms with E-state index in [1.807, 2.05) is 0 Å². The molecule has 2 heterocycles. The number of hydrogen-bond donors (Lipinski definition) is 2. The van der Waals surface area contributed by atoms with Gasteiger partial charge in [-0.1, -0.05) is 29.8 Å². The number of carbonyl (C=O) groups is 2. The first-order valence-electron chi connectivity index (χ1n) is 10.3. The summed E-state index contributed by atoms with van der Waals surface area (Å²) in [6.07, 6.45) is 0.828. The molecule has 2 aliphatic rings. The van der Waals surface area contributed by atoms with Crippen LogP contribution < -0.4 is 14.9 Å². The number of benzene rings is 1. The molecular weight excluding hydrogens is 497 g/mol. The molecule has 2 atom stereocenters. The quantitative estimate of drug-likeness (QED) is 0.613. The van der Waals surface area contributed by atoms with Gasteiger partial charge in [0.05, 0.1) is 23.8 Å². The molecule has 0 bridgehead atoms. The molecule has 1 saturated heterocycles. The summed E-state index contributed by atoms with van der Waals surface area (Å²) in [6.45, 7) is 0. The summed E-state index contributed by atoms with van der Waals surface area (Å²) in [5.41, 5.74) is 0.0151. The summed E-state index contributed by atoms with van der Waals surface area (Å²) < 4.78 is 66.8. The zero-order valence-corrected chi connectivity index (χ0v) is 19.1. The van der Waals surface area contributed by atoms with E-state index in [-0.39, 0.29) is 28.4 Å². The van der Waals surface area contributed by atoms with Crippen molar-refractivity contribution in [3.05, 3.63) is 59.1 Å². The Kier molecular flexibility index (Phi) is 6.58. The molecule has 1 aliphatic carbocycles. The third-order valence-electron chi connectivity index (χ3n) is 5.64. The minimum atomic E-state index is -3.71. The molecule has 2 fully saturated rings. The molecule has 2 unspecified atom stereocenters. The SMILES string of the molecule is O=C(NC1CC(F)(F)C1)C(c1ccccc1Cl)N(C(=O)C1CCS(=O)(=O)N1)c1cncc(F)c1. The highest BCUT2D eigenvalue weighted by Gasteiger charge is 2.48. The summed E-state index contributed by atoms with van der Waals surface area (Å²) in [6, 6.07) is 3.48. The molecule has 13 heteroatoms. The molecule has 0 radical (unpaired) electrons. The molecule has 34 heavy (non-hydrogen) atoms. The van der Waals surface area contributed by atoms with Gasteiger partial charge in [-0.25, -0.2) is 26.3 Å². The Balaban J connectivity index is 1.78. The van der Waals surface area contributed by atoms with Crippen molar-refractivity contribution in [2.75, 3.05) is 10.7 Å². The topological polar surface area (TPSA) is 108 Å². The van der Waals surface area contributed by atoms with E-state index in [0.29, 0.717) is 0 Å². The molecule has 2 aromatic rings. The van der Waals surface area contributed by atoms with Crippen LogP contribution in [0.25, 0.3) is 0 Å². The Bertz CT molecular complexity index is 1220. The number of halogens is 4. The molecule has 1 aliphatic heterocycles. The van der Waals surface area contributed by atoms with Gasteiger partial charge in [0.1, 0.15) is 17.9 Å². The van der Waals surface area contributed by atoms with E-state index in [0.717, 1.165) is 23.4 Å². The minimum absolute atomic E-state index is 0.0773. The fourth-order valence-corrected chi connectivity index (χ4v) is 5.58. The van der Waals surface area contributed by atoms with E-state index < -0.39 is 64.5 Å². The van der Waals surface area contributed by atoms with Gasteiger partial charge in [-0.3, -0.25) is 19.5 Å². The maximum Gasteiger partial charge on any atom is 0.252 e. The van der Waals surface area contributed by atoms with Crippen molar-refractivity contribution in [2.45, 2.75) is 43.3 Å². The number of alkyl halides is 2.